The number of halogens is 1. The van der Waals surface area contributed by atoms with Gasteiger partial charge in [-0.3, -0.25) is 9.59 Å². The van der Waals surface area contributed by atoms with Crippen molar-refractivity contribution in [3.8, 4) is 0 Å². The van der Waals surface area contributed by atoms with Gasteiger partial charge in [0.15, 0.2) is 0 Å². The van der Waals surface area contributed by atoms with Crippen molar-refractivity contribution in [1.29, 1.82) is 0 Å². The molecule has 3 rings (SSSR count). The number of nitrogens with one attached hydrogen (secondary N) is 2. The molecular formula is C22H20ClN3O2S. The molecule has 1 unspecified atom stereocenters. The predicted molar refractivity (Wildman–Crippen MR) is 117 cm³/mol. The lowest BCUT2D eigenvalue weighted by Gasteiger charge is -2.16. The lowest BCUT2D eigenvalue weighted by Crippen LogP contribution is -2.28. The van der Waals surface area contributed by atoms with Crippen LogP contribution in [0.4, 0.5) is 5.69 Å². The van der Waals surface area contributed by atoms with E-state index in [0.717, 1.165) is 5.56 Å². The van der Waals surface area contributed by atoms with Crippen molar-refractivity contribution in [3.63, 3.8) is 0 Å². The summed E-state index contributed by atoms with van der Waals surface area (Å²) in [6, 6.07) is 20.0. The van der Waals surface area contributed by atoms with Crippen LogP contribution < -0.4 is 10.6 Å². The summed E-state index contributed by atoms with van der Waals surface area (Å²) in [5.74, 6) is -0.294. The van der Waals surface area contributed by atoms with Crippen LogP contribution in [-0.4, -0.2) is 22.6 Å². The number of aromatic nitrogens is 1. The van der Waals surface area contributed by atoms with Gasteiger partial charge in [0.25, 0.3) is 5.91 Å². The third kappa shape index (κ3) is 6.07. The molecule has 3 aromatic rings. The molecule has 0 aliphatic carbocycles. The van der Waals surface area contributed by atoms with Crippen molar-refractivity contribution in [2.75, 3.05) is 11.1 Å². The summed E-state index contributed by atoms with van der Waals surface area (Å²) < 4.78 is 0. The Morgan fingerprint density at radius 3 is 2.48 bits per heavy atom. The van der Waals surface area contributed by atoms with E-state index in [-0.39, 0.29) is 23.6 Å². The Labute approximate surface area is 178 Å². The van der Waals surface area contributed by atoms with E-state index in [1.54, 1.807) is 36.4 Å². The maximum absolute atomic E-state index is 12.8. The molecule has 0 saturated heterocycles. The summed E-state index contributed by atoms with van der Waals surface area (Å²) in [7, 11) is 0. The van der Waals surface area contributed by atoms with Crippen molar-refractivity contribution in [2.24, 2.45) is 0 Å². The van der Waals surface area contributed by atoms with Gasteiger partial charge in [-0.15, -0.1) is 0 Å². The first-order chi connectivity index (χ1) is 14.0. The van der Waals surface area contributed by atoms with Crippen LogP contribution in [0.3, 0.4) is 0 Å². The molecule has 29 heavy (non-hydrogen) atoms. The highest BCUT2D eigenvalue weighted by atomic mass is 35.5. The van der Waals surface area contributed by atoms with Crippen molar-refractivity contribution in [1.82, 2.24) is 10.3 Å². The van der Waals surface area contributed by atoms with Crippen LogP contribution in [0, 0.1) is 0 Å². The number of benzene rings is 2. The standard InChI is InChI=1S/C22H20ClN3O2S/c1-15(16-7-3-2-4-8-16)25-22(28)18-9-5-6-10-19(18)26-20(27)14-29-21-12-11-17(23)13-24-21/h2-13,15H,14H2,1H3,(H,25,28)(H,26,27). The second kappa shape index (κ2) is 10.1. The Kier molecular flexibility index (Phi) is 7.27. The van der Waals surface area contributed by atoms with Gasteiger partial charge >= 0.3 is 0 Å². The number of carbonyl (C=O) groups is 2. The monoisotopic (exact) mass is 425 g/mol. The topological polar surface area (TPSA) is 71.1 Å². The molecular weight excluding hydrogens is 406 g/mol. The molecule has 0 bridgehead atoms. The Bertz CT molecular complexity index is 981. The van der Waals surface area contributed by atoms with E-state index >= 15 is 0 Å². The smallest absolute Gasteiger partial charge is 0.253 e. The van der Waals surface area contributed by atoms with Gasteiger partial charge in [-0.2, -0.15) is 0 Å². The Morgan fingerprint density at radius 1 is 1.03 bits per heavy atom. The van der Waals surface area contributed by atoms with Crippen LogP contribution in [-0.2, 0) is 4.79 Å². The normalized spacial score (nSPS) is 11.5. The van der Waals surface area contributed by atoms with Gasteiger partial charge in [0, 0.05) is 6.20 Å². The predicted octanol–water partition coefficient (Wildman–Crippen LogP) is 4.96. The number of hydrogen-bond donors (Lipinski definition) is 2. The second-order valence-corrected chi connectivity index (χ2v) is 7.73. The van der Waals surface area contributed by atoms with Crippen LogP contribution in [0.25, 0.3) is 0 Å². The molecule has 1 atom stereocenters. The fraction of sp³-hybridized carbons (Fsp3) is 0.136. The fourth-order valence-electron chi connectivity index (χ4n) is 2.66. The molecule has 0 fully saturated rings. The highest BCUT2D eigenvalue weighted by Gasteiger charge is 2.16. The first-order valence-electron chi connectivity index (χ1n) is 9.02. The molecule has 1 aromatic heterocycles. The third-order valence-corrected chi connectivity index (χ3v) is 5.31. The van der Waals surface area contributed by atoms with E-state index in [1.165, 1.54) is 18.0 Å². The Morgan fingerprint density at radius 2 is 1.76 bits per heavy atom. The van der Waals surface area contributed by atoms with Gasteiger partial charge in [0.2, 0.25) is 5.91 Å². The number of anilines is 1. The summed E-state index contributed by atoms with van der Waals surface area (Å²) in [6.45, 7) is 1.92. The van der Waals surface area contributed by atoms with E-state index in [4.69, 9.17) is 11.6 Å². The number of hydrogen-bond acceptors (Lipinski definition) is 4. The fourth-order valence-corrected chi connectivity index (χ4v) is 3.42. The average Bonchev–Trinajstić information content (AvgIpc) is 2.74. The number of amides is 2. The minimum atomic E-state index is -0.246. The number of thioether (sulfide) groups is 1. The minimum Gasteiger partial charge on any atom is -0.345 e. The first kappa shape index (κ1) is 20.9. The van der Waals surface area contributed by atoms with Crippen LogP contribution >= 0.6 is 23.4 Å². The quantitative estimate of drug-likeness (QED) is 0.525. The number of rotatable bonds is 7. The summed E-state index contributed by atoms with van der Waals surface area (Å²) >= 11 is 7.11. The third-order valence-electron chi connectivity index (χ3n) is 4.14. The second-order valence-electron chi connectivity index (χ2n) is 6.30. The van der Waals surface area contributed by atoms with Crippen LogP contribution in [0.5, 0.6) is 0 Å². The number of para-hydroxylation sites is 1. The lowest BCUT2D eigenvalue weighted by molar-refractivity contribution is -0.113. The van der Waals surface area contributed by atoms with Crippen molar-refractivity contribution in [3.05, 3.63) is 89.1 Å². The summed E-state index contributed by atoms with van der Waals surface area (Å²) in [5, 5.41) is 7.03. The largest absolute Gasteiger partial charge is 0.345 e. The first-order valence-corrected chi connectivity index (χ1v) is 10.4. The summed E-state index contributed by atoms with van der Waals surface area (Å²) in [5.41, 5.74) is 1.90. The zero-order valence-electron chi connectivity index (χ0n) is 15.8. The van der Waals surface area contributed by atoms with Gasteiger partial charge in [0.05, 0.1) is 33.1 Å². The molecule has 7 heteroatoms. The maximum atomic E-state index is 12.8. The van der Waals surface area contributed by atoms with Gasteiger partial charge < -0.3 is 10.6 Å². The van der Waals surface area contributed by atoms with Gasteiger partial charge in [-0.1, -0.05) is 65.8 Å². The van der Waals surface area contributed by atoms with Crippen molar-refractivity contribution >= 4 is 40.9 Å². The van der Waals surface area contributed by atoms with Crippen LogP contribution in [0.15, 0.2) is 78.0 Å². The number of carbonyl (C=O) groups excluding carboxylic acids is 2. The van der Waals surface area contributed by atoms with E-state index in [2.05, 4.69) is 15.6 Å². The van der Waals surface area contributed by atoms with E-state index in [0.29, 0.717) is 21.3 Å². The number of nitrogens with zero attached hydrogens (tertiary/aromatic N) is 1. The highest BCUT2D eigenvalue weighted by molar-refractivity contribution is 7.99. The SMILES string of the molecule is CC(NC(=O)c1ccccc1NC(=O)CSc1ccc(Cl)cn1)c1ccccc1. The Hall–Kier alpha value is -2.83. The molecule has 0 spiro atoms. The van der Waals surface area contributed by atoms with Gasteiger partial charge in [0.1, 0.15) is 0 Å². The molecule has 148 valence electrons. The summed E-state index contributed by atoms with van der Waals surface area (Å²) in [6.07, 6.45) is 1.54. The van der Waals surface area contributed by atoms with Gasteiger partial charge in [-0.05, 0) is 36.8 Å². The maximum Gasteiger partial charge on any atom is 0.253 e. The van der Waals surface area contributed by atoms with Crippen molar-refractivity contribution in [2.45, 2.75) is 18.0 Å². The molecule has 2 amide bonds. The zero-order valence-corrected chi connectivity index (χ0v) is 17.3. The molecule has 0 aliphatic rings. The molecule has 5 nitrogen and oxygen atoms in total. The molecule has 0 saturated carbocycles. The van der Waals surface area contributed by atoms with E-state index in [9.17, 15) is 9.59 Å². The highest BCUT2D eigenvalue weighted by Crippen LogP contribution is 2.20. The van der Waals surface area contributed by atoms with Gasteiger partial charge in [-0.25, -0.2) is 4.98 Å². The average molecular weight is 426 g/mol. The van der Waals surface area contributed by atoms with E-state index in [1.807, 2.05) is 37.3 Å². The minimum absolute atomic E-state index is 0.154. The molecule has 2 aromatic carbocycles. The summed E-state index contributed by atoms with van der Waals surface area (Å²) in [4.78, 5) is 29.3. The molecule has 1 heterocycles. The molecule has 2 N–H and O–H groups in total. The van der Waals surface area contributed by atoms with Crippen LogP contribution in [0.2, 0.25) is 5.02 Å². The number of pyridine rings is 1. The van der Waals surface area contributed by atoms with Crippen molar-refractivity contribution < 1.29 is 9.59 Å². The zero-order chi connectivity index (χ0) is 20.6. The molecule has 0 radical (unpaired) electrons. The Balaban J connectivity index is 1.62. The van der Waals surface area contributed by atoms with E-state index < -0.39 is 0 Å². The lowest BCUT2D eigenvalue weighted by atomic mass is 10.1. The van der Waals surface area contributed by atoms with Crippen LogP contribution in [0.1, 0.15) is 28.9 Å². The molecule has 0 aliphatic heterocycles.